The van der Waals surface area contributed by atoms with E-state index in [2.05, 4.69) is 50.0 Å². The van der Waals surface area contributed by atoms with Gasteiger partial charge in [-0.1, -0.05) is 81.4 Å². The number of aromatic nitrogens is 2. The Morgan fingerprint density at radius 1 is 1.03 bits per heavy atom. The van der Waals surface area contributed by atoms with Crippen molar-refractivity contribution >= 4 is 18.7 Å². The number of nitrogens with zero attached hydrogens (tertiary/aromatic N) is 1. The van der Waals surface area contributed by atoms with Gasteiger partial charge in [0, 0.05) is 24.3 Å². The van der Waals surface area contributed by atoms with Gasteiger partial charge in [-0.05, 0) is 28.8 Å². The average Bonchev–Trinajstić information content (AvgIpc) is 2.79. The van der Waals surface area contributed by atoms with Crippen LogP contribution in [0.15, 0.2) is 76.4 Å². The van der Waals surface area contributed by atoms with Gasteiger partial charge in [0.15, 0.2) is 0 Å². The highest BCUT2D eigenvalue weighted by Crippen LogP contribution is 2.41. The van der Waals surface area contributed by atoms with E-state index in [0.29, 0.717) is 18.6 Å². The second-order valence-corrected chi connectivity index (χ2v) is 14.3. The second-order valence-electron chi connectivity index (χ2n) is 10.0. The Labute approximate surface area is 195 Å². The monoisotopic (exact) mass is 464 g/mol. The summed E-state index contributed by atoms with van der Waals surface area (Å²) in [5.41, 5.74) is -0.425. The van der Waals surface area contributed by atoms with Gasteiger partial charge in [0.05, 0.1) is 12.1 Å². The first-order valence-electron chi connectivity index (χ1n) is 11.4. The smallest absolute Gasteiger partial charge is 0.328 e. The summed E-state index contributed by atoms with van der Waals surface area (Å²) in [4.78, 5) is 26.3. The van der Waals surface area contributed by atoms with Gasteiger partial charge in [-0.2, -0.15) is 0 Å². The number of benzene rings is 2. The first-order chi connectivity index (χ1) is 15.6. The van der Waals surface area contributed by atoms with Crippen molar-refractivity contribution in [2.75, 3.05) is 6.61 Å². The molecule has 1 fully saturated rings. The molecule has 4 rings (SSSR count). The van der Waals surface area contributed by atoms with Crippen molar-refractivity contribution in [2.45, 2.75) is 51.3 Å². The molecular formula is C26H32N2O4Si. The quantitative estimate of drug-likeness (QED) is 0.549. The van der Waals surface area contributed by atoms with E-state index in [1.165, 1.54) is 21.1 Å². The molecule has 0 bridgehead atoms. The summed E-state index contributed by atoms with van der Waals surface area (Å²) in [6.07, 6.45) is 1.44. The third kappa shape index (κ3) is 4.16. The standard InChI is InChI=1S/C26H32N2O4Si/c1-18-16-28(25(31)27-24(18)30)22-15-19(23(22)29)17-32-33(26(2,3)4,20-11-7-5-8-12-20)21-13-9-6-10-14-21/h5-14,16,19,22-23,29H,15,17H2,1-4H3,(H,27,30,31). The van der Waals surface area contributed by atoms with E-state index in [4.69, 9.17) is 4.43 Å². The minimum Gasteiger partial charge on any atom is -0.407 e. The number of hydrogen-bond acceptors (Lipinski definition) is 4. The van der Waals surface area contributed by atoms with Crippen molar-refractivity contribution in [1.29, 1.82) is 0 Å². The molecule has 1 heterocycles. The predicted molar refractivity (Wildman–Crippen MR) is 133 cm³/mol. The maximum Gasteiger partial charge on any atom is 0.328 e. The maximum atomic E-state index is 12.3. The van der Waals surface area contributed by atoms with E-state index in [0.717, 1.165) is 0 Å². The normalized spacial score (nSPS) is 20.9. The van der Waals surface area contributed by atoms with Gasteiger partial charge >= 0.3 is 5.69 Å². The second kappa shape index (κ2) is 8.89. The van der Waals surface area contributed by atoms with Crippen molar-refractivity contribution in [1.82, 2.24) is 9.55 Å². The van der Waals surface area contributed by atoms with Crippen LogP contribution in [0.1, 0.15) is 38.8 Å². The molecule has 0 saturated heterocycles. The number of hydrogen-bond donors (Lipinski definition) is 2. The lowest BCUT2D eigenvalue weighted by Crippen LogP contribution is -2.67. The minimum atomic E-state index is -2.68. The summed E-state index contributed by atoms with van der Waals surface area (Å²) in [5, 5.41) is 13.2. The molecule has 0 spiro atoms. The van der Waals surface area contributed by atoms with Gasteiger partial charge in [-0.3, -0.25) is 14.3 Å². The van der Waals surface area contributed by atoms with Crippen LogP contribution in [0, 0.1) is 12.8 Å². The highest BCUT2D eigenvalue weighted by Gasteiger charge is 2.52. The van der Waals surface area contributed by atoms with Gasteiger partial charge in [0.25, 0.3) is 13.9 Å². The summed E-state index contributed by atoms with van der Waals surface area (Å²) in [5.74, 6) is -0.0872. The van der Waals surface area contributed by atoms with Crippen molar-refractivity contribution in [3.63, 3.8) is 0 Å². The van der Waals surface area contributed by atoms with Gasteiger partial charge in [-0.25, -0.2) is 4.79 Å². The van der Waals surface area contributed by atoms with E-state index in [1.807, 2.05) is 36.4 Å². The highest BCUT2D eigenvalue weighted by atomic mass is 28.4. The number of aliphatic hydroxyl groups is 1. The molecule has 0 aliphatic heterocycles. The van der Waals surface area contributed by atoms with Gasteiger partial charge < -0.3 is 9.53 Å². The zero-order valence-corrected chi connectivity index (χ0v) is 20.6. The van der Waals surface area contributed by atoms with Crippen LogP contribution < -0.4 is 21.6 Å². The molecule has 33 heavy (non-hydrogen) atoms. The van der Waals surface area contributed by atoms with Crippen LogP contribution in [0.25, 0.3) is 0 Å². The predicted octanol–water partition coefficient (Wildman–Crippen LogP) is 2.34. The molecule has 0 radical (unpaired) electrons. The number of rotatable bonds is 6. The lowest BCUT2D eigenvalue weighted by atomic mass is 9.77. The zero-order chi connectivity index (χ0) is 23.8. The molecule has 1 saturated carbocycles. The number of aliphatic hydroxyl groups excluding tert-OH is 1. The zero-order valence-electron chi connectivity index (χ0n) is 19.6. The maximum absolute atomic E-state index is 12.3. The summed E-state index contributed by atoms with van der Waals surface area (Å²) in [7, 11) is -2.68. The van der Waals surface area contributed by atoms with Crippen LogP contribution in [0.4, 0.5) is 0 Å². The topological polar surface area (TPSA) is 84.3 Å². The van der Waals surface area contributed by atoms with Crippen LogP contribution in [-0.2, 0) is 4.43 Å². The fourth-order valence-electron chi connectivity index (χ4n) is 4.98. The van der Waals surface area contributed by atoms with E-state index in [1.54, 1.807) is 6.92 Å². The van der Waals surface area contributed by atoms with Crippen molar-refractivity contribution in [2.24, 2.45) is 5.92 Å². The largest absolute Gasteiger partial charge is 0.407 e. The van der Waals surface area contributed by atoms with Crippen molar-refractivity contribution in [3.05, 3.63) is 93.3 Å². The number of H-pyrrole nitrogens is 1. The highest BCUT2D eigenvalue weighted by molar-refractivity contribution is 6.99. The van der Waals surface area contributed by atoms with Crippen molar-refractivity contribution < 1.29 is 9.53 Å². The molecular weight excluding hydrogens is 432 g/mol. The molecule has 1 aliphatic carbocycles. The van der Waals surface area contributed by atoms with E-state index in [9.17, 15) is 14.7 Å². The number of aromatic amines is 1. The molecule has 2 aromatic carbocycles. The fraction of sp³-hybridized carbons (Fsp3) is 0.385. The van der Waals surface area contributed by atoms with E-state index >= 15 is 0 Å². The third-order valence-electron chi connectivity index (χ3n) is 6.86. The van der Waals surface area contributed by atoms with Crippen molar-refractivity contribution in [3.8, 4) is 0 Å². The van der Waals surface area contributed by atoms with Crippen LogP contribution in [0.2, 0.25) is 5.04 Å². The van der Waals surface area contributed by atoms with E-state index in [-0.39, 0.29) is 17.0 Å². The number of nitrogens with one attached hydrogen (secondary N) is 1. The molecule has 2 N–H and O–H groups in total. The summed E-state index contributed by atoms with van der Waals surface area (Å²) in [6, 6.07) is 20.5. The molecule has 1 aromatic heterocycles. The fourth-order valence-corrected chi connectivity index (χ4v) is 9.60. The first-order valence-corrected chi connectivity index (χ1v) is 13.3. The van der Waals surface area contributed by atoms with Gasteiger partial charge in [-0.15, -0.1) is 0 Å². The van der Waals surface area contributed by atoms with Gasteiger partial charge in [0.2, 0.25) is 0 Å². The minimum absolute atomic E-state index is 0.0872. The Morgan fingerprint density at radius 2 is 1.58 bits per heavy atom. The van der Waals surface area contributed by atoms with Crippen LogP contribution in [-0.4, -0.2) is 35.7 Å². The number of aryl methyl sites for hydroxylation is 1. The SMILES string of the molecule is Cc1cn(C2CC(CO[Si](c3ccccc3)(c3ccccc3)C(C)(C)C)C2O)c(=O)[nH]c1=O. The molecule has 3 unspecified atom stereocenters. The lowest BCUT2D eigenvalue weighted by molar-refractivity contribution is -0.0551. The Hall–Kier alpha value is -2.74. The summed E-state index contributed by atoms with van der Waals surface area (Å²) < 4.78 is 8.38. The molecule has 1 aliphatic rings. The Balaban J connectivity index is 1.62. The summed E-state index contributed by atoms with van der Waals surface area (Å²) in [6.45, 7) is 8.73. The lowest BCUT2D eigenvalue weighted by Gasteiger charge is -2.47. The Bertz CT molecular complexity index is 1180. The Kier molecular flexibility index (Phi) is 6.31. The average molecular weight is 465 g/mol. The molecule has 3 aromatic rings. The molecule has 7 heteroatoms. The molecule has 3 atom stereocenters. The van der Waals surface area contributed by atoms with Crippen LogP contribution in [0.5, 0.6) is 0 Å². The van der Waals surface area contributed by atoms with E-state index < -0.39 is 25.7 Å². The molecule has 174 valence electrons. The first kappa shape index (κ1) is 23.4. The molecule has 6 nitrogen and oxygen atoms in total. The third-order valence-corrected chi connectivity index (χ3v) is 11.9. The van der Waals surface area contributed by atoms with Crippen LogP contribution in [0.3, 0.4) is 0 Å². The van der Waals surface area contributed by atoms with Gasteiger partial charge in [0.1, 0.15) is 0 Å². The summed E-state index contributed by atoms with van der Waals surface area (Å²) >= 11 is 0. The van der Waals surface area contributed by atoms with Crippen LogP contribution >= 0.6 is 0 Å². The molecule has 0 amide bonds. The Morgan fingerprint density at radius 3 is 2.06 bits per heavy atom.